The van der Waals surface area contributed by atoms with Gasteiger partial charge in [0.15, 0.2) is 5.49 Å². The maximum Gasteiger partial charge on any atom is 0.308 e. The van der Waals surface area contributed by atoms with Crippen molar-refractivity contribution in [2.24, 2.45) is 4.99 Å². The van der Waals surface area contributed by atoms with Crippen LogP contribution in [0.5, 0.6) is 0 Å². The van der Waals surface area contributed by atoms with Gasteiger partial charge in [0.2, 0.25) is 5.91 Å². The zero-order valence-corrected chi connectivity index (χ0v) is 18.5. The Bertz CT molecular complexity index is 1250. The number of alkyl halides is 2. The van der Waals surface area contributed by atoms with Crippen molar-refractivity contribution in [3.63, 3.8) is 0 Å². The van der Waals surface area contributed by atoms with Crippen LogP contribution in [0.25, 0.3) is 0 Å². The van der Waals surface area contributed by atoms with Crippen molar-refractivity contribution in [1.82, 2.24) is 20.3 Å². The van der Waals surface area contributed by atoms with E-state index in [2.05, 4.69) is 20.6 Å². The van der Waals surface area contributed by atoms with Crippen molar-refractivity contribution in [2.45, 2.75) is 25.4 Å². The molecule has 8 nitrogen and oxygen atoms in total. The van der Waals surface area contributed by atoms with Gasteiger partial charge in [0.25, 0.3) is 0 Å². The van der Waals surface area contributed by atoms with Gasteiger partial charge in [0, 0.05) is 19.3 Å². The molecule has 1 amide bonds. The topological polar surface area (TPSA) is 115 Å². The number of carbonyl (C=O) groups is 1. The summed E-state index contributed by atoms with van der Waals surface area (Å²) < 4.78 is 29.3. The summed E-state index contributed by atoms with van der Waals surface area (Å²) in [5.74, 6) is -3.81. The summed E-state index contributed by atoms with van der Waals surface area (Å²) in [6.07, 6.45) is 0.915. The quantitative estimate of drug-likeness (QED) is 0.419. The lowest BCUT2D eigenvalue weighted by Gasteiger charge is -2.14. The molecule has 0 aliphatic rings. The van der Waals surface area contributed by atoms with Gasteiger partial charge in [-0.1, -0.05) is 30.3 Å². The summed E-state index contributed by atoms with van der Waals surface area (Å²) in [5, 5.41) is 25.7. The number of rotatable bonds is 9. The molecule has 0 saturated heterocycles. The van der Waals surface area contributed by atoms with Crippen molar-refractivity contribution in [3.05, 3.63) is 94.4 Å². The number of nitriles is 1. The van der Waals surface area contributed by atoms with Crippen LogP contribution in [0.4, 0.5) is 8.78 Å². The second kappa shape index (κ2) is 11.2. The van der Waals surface area contributed by atoms with E-state index in [1.54, 1.807) is 0 Å². The van der Waals surface area contributed by atoms with E-state index < -0.39 is 24.1 Å². The molecule has 10 heteroatoms. The first-order valence-electron chi connectivity index (χ1n) is 10.5. The third-order valence-corrected chi connectivity index (χ3v) is 5.07. The number of aromatic nitrogens is 2. The summed E-state index contributed by atoms with van der Waals surface area (Å²) in [6, 6.07) is 16.2. The van der Waals surface area contributed by atoms with Gasteiger partial charge in [-0.3, -0.25) is 14.8 Å². The van der Waals surface area contributed by atoms with Crippen LogP contribution in [0.1, 0.15) is 28.1 Å². The first-order valence-corrected chi connectivity index (χ1v) is 10.5. The molecule has 176 valence electrons. The van der Waals surface area contributed by atoms with Crippen LogP contribution < -0.4 is 16.1 Å². The van der Waals surface area contributed by atoms with Crippen LogP contribution in [0.3, 0.4) is 0 Å². The molecule has 3 N–H and O–H groups in total. The Kier molecular flexibility index (Phi) is 8.05. The van der Waals surface area contributed by atoms with Crippen molar-refractivity contribution in [1.29, 1.82) is 5.26 Å². The molecule has 3 aromatic rings. The van der Waals surface area contributed by atoms with Gasteiger partial charge in [-0.25, -0.2) is 0 Å². The molecule has 0 bridgehead atoms. The SMILES string of the molecule is CNCc1ccccc1CNC(=O)Cc1c(C#N)ccc(=NCC(F)(F)c2ccccn2)n1O. The lowest BCUT2D eigenvalue weighted by Crippen LogP contribution is -2.31. The maximum atomic E-state index is 14.4. The van der Waals surface area contributed by atoms with E-state index in [0.717, 1.165) is 11.1 Å². The molecule has 3 rings (SSSR count). The van der Waals surface area contributed by atoms with E-state index in [1.807, 2.05) is 37.4 Å². The largest absolute Gasteiger partial charge is 0.427 e. The molecule has 0 saturated carbocycles. The molecule has 1 aromatic carbocycles. The van der Waals surface area contributed by atoms with Gasteiger partial charge in [-0.05, 0) is 42.4 Å². The lowest BCUT2D eigenvalue weighted by molar-refractivity contribution is -0.120. The Morgan fingerprint density at radius 2 is 1.85 bits per heavy atom. The highest BCUT2D eigenvalue weighted by molar-refractivity contribution is 5.78. The predicted molar refractivity (Wildman–Crippen MR) is 120 cm³/mol. The fourth-order valence-electron chi connectivity index (χ4n) is 3.31. The van der Waals surface area contributed by atoms with Gasteiger partial charge in [-0.15, -0.1) is 0 Å². The van der Waals surface area contributed by atoms with E-state index in [-0.39, 0.29) is 29.7 Å². The Labute approximate surface area is 195 Å². The van der Waals surface area contributed by atoms with E-state index >= 15 is 0 Å². The third-order valence-electron chi connectivity index (χ3n) is 5.07. The molecule has 34 heavy (non-hydrogen) atoms. The van der Waals surface area contributed by atoms with E-state index in [4.69, 9.17) is 0 Å². The average Bonchev–Trinajstić information content (AvgIpc) is 2.84. The Morgan fingerprint density at radius 3 is 2.50 bits per heavy atom. The van der Waals surface area contributed by atoms with Gasteiger partial charge >= 0.3 is 5.92 Å². The van der Waals surface area contributed by atoms with E-state index in [9.17, 15) is 24.0 Å². The highest BCUT2D eigenvalue weighted by atomic mass is 19.3. The molecule has 0 spiro atoms. The summed E-state index contributed by atoms with van der Waals surface area (Å²) in [7, 11) is 1.82. The number of carbonyl (C=O) groups excluding carboxylic acids is 1. The van der Waals surface area contributed by atoms with Crippen LogP contribution in [0.2, 0.25) is 0 Å². The van der Waals surface area contributed by atoms with E-state index in [1.165, 1.54) is 36.5 Å². The van der Waals surface area contributed by atoms with Crippen LogP contribution in [-0.2, 0) is 30.2 Å². The monoisotopic (exact) mass is 466 g/mol. The number of nitrogens with one attached hydrogen (secondary N) is 2. The van der Waals surface area contributed by atoms with E-state index in [0.29, 0.717) is 11.3 Å². The number of benzene rings is 1. The number of hydrogen-bond acceptors (Lipinski definition) is 6. The van der Waals surface area contributed by atoms with Gasteiger partial charge in [0.1, 0.15) is 18.3 Å². The standard InChI is InChI=1S/C24H24F2N6O2/c1-28-14-18-6-2-3-7-19(18)15-30-23(33)12-20-17(13-27)9-10-22(32(20)34)31-16-24(25,26)21-8-4-5-11-29-21/h2-11,28,34H,12,14-16H2,1H3,(H,30,33). The number of amides is 1. The highest BCUT2D eigenvalue weighted by Crippen LogP contribution is 2.25. The highest BCUT2D eigenvalue weighted by Gasteiger charge is 2.32. The third kappa shape index (κ3) is 6.02. The van der Waals surface area contributed by atoms with Crippen LogP contribution in [0, 0.1) is 11.3 Å². The van der Waals surface area contributed by atoms with Gasteiger partial charge in [0.05, 0.1) is 17.7 Å². The normalized spacial score (nSPS) is 11.8. The number of nitrogens with zero attached hydrogens (tertiary/aromatic N) is 4. The lowest BCUT2D eigenvalue weighted by atomic mass is 10.1. The molecule has 0 aliphatic heterocycles. The Balaban J connectivity index is 1.78. The van der Waals surface area contributed by atoms with Crippen molar-refractivity contribution >= 4 is 5.91 Å². The van der Waals surface area contributed by atoms with Crippen molar-refractivity contribution in [3.8, 4) is 6.07 Å². The van der Waals surface area contributed by atoms with Crippen LogP contribution in [-0.4, -0.2) is 34.4 Å². The first-order chi connectivity index (χ1) is 16.4. The molecule has 0 unspecified atom stereocenters. The average molecular weight is 466 g/mol. The zero-order valence-electron chi connectivity index (χ0n) is 18.5. The maximum absolute atomic E-state index is 14.4. The first kappa shape index (κ1) is 24.5. The number of halogens is 2. The van der Waals surface area contributed by atoms with Crippen molar-refractivity contribution in [2.75, 3.05) is 13.6 Å². The summed E-state index contributed by atoms with van der Waals surface area (Å²) >= 11 is 0. The summed E-state index contributed by atoms with van der Waals surface area (Å²) in [6.45, 7) is -0.0807. The number of hydrogen-bond donors (Lipinski definition) is 3. The number of pyridine rings is 2. The molecule has 0 radical (unpaired) electrons. The Morgan fingerprint density at radius 1 is 1.15 bits per heavy atom. The molecular weight excluding hydrogens is 442 g/mol. The smallest absolute Gasteiger partial charge is 0.308 e. The fraction of sp³-hybridized carbons (Fsp3) is 0.250. The minimum Gasteiger partial charge on any atom is -0.427 e. The predicted octanol–water partition coefficient (Wildman–Crippen LogP) is 2.26. The molecule has 2 aromatic heterocycles. The summed E-state index contributed by atoms with van der Waals surface area (Å²) in [4.78, 5) is 20.0. The summed E-state index contributed by atoms with van der Waals surface area (Å²) in [5.41, 5.74) is 1.26. The minimum absolute atomic E-state index is 0.0312. The zero-order chi connectivity index (χ0) is 24.6. The second-order valence-corrected chi connectivity index (χ2v) is 7.46. The Hall–Kier alpha value is -4.10. The van der Waals surface area contributed by atoms with Gasteiger partial charge in [-0.2, -0.15) is 18.8 Å². The minimum atomic E-state index is -3.36. The van der Waals surface area contributed by atoms with Crippen LogP contribution >= 0.6 is 0 Å². The second-order valence-electron chi connectivity index (χ2n) is 7.46. The molecular formula is C24H24F2N6O2. The fourth-order valence-corrected chi connectivity index (χ4v) is 3.31. The van der Waals surface area contributed by atoms with Crippen molar-refractivity contribution < 1.29 is 18.8 Å². The molecule has 0 atom stereocenters. The van der Waals surface area contributed by atoms with Crippen LogP contribution in [0.15, 0.2) is 65.8 Å². The molecule has 0 aliphatic carbocycles. The van der Waals surface area contributed by atoms with Gasteiger partial charge < -0.3 is 15.8 Å². The molecule has 2 heterocycles. The molecule has 0 fully saturated rings.